The molecule has 0 saturated carbocycles. The Morgan fingerprint density at radius 2 is 1.67 bits per heavy atom. The Labute approximate surface area is 69.7 Å². The summed E-state index contributed by atoms with van der Waals surface area (Å²) in [7, 11) is 0. The molecule has 66 valence electrons. The van der Waals surface area contributed by atoms with E-state index in [9.17, 15) is 8.78 Å². The van der Waals surface area contributed by atoms with Crippen LogP contribution in [0.25, 0.3) is 0 Å². The average molecular weight is 172 g/mol. The average Bonchev–Trinajstić information content (AvgIpc) is 1.82. The molecule has 1 aromatic carbocycles. The first-order valence-corrected chi connectivity index (χ1v) is 3.66. The Kier molecular flexibility index (Phi) is 2.43. The number of aliphatic hydroxyl groups is 1. The topological polar surface area (TPSA) is 20.2 Å². The normalized spacial score (nSPS) is 13.1. The molecule has 1 N–H and O–H groups in total. The maximum atomic E-state index is 13.0. The van der Waals surface area contributed by atoms with Crippen LogP contribution in [-0.4, -0.2) is 5.11 Å². The van der Waals surface area contributed by atoms with E-state index in [2.05, 4.69) is 0 Å². The van der Waals surface area contributed by atoms with E-state index in [1.165, 1.54) is 19.1 Å². The van der Waals surface area contributed by atoms with Gasteiger partial charge < -0.3 is 5.11 Å². The second-order valence-electron chi connectivity index (χ2n) is 2.82. The van der Waals surface area contributed by atoms with Gasteiger partial charge in [0.05, 0.1) is 11.7 Å². The molecule has 0 aliphatic carbocycles. The summed E-state index contributed by atoms with van der Waals surface area (Å²) in [5.74, 6) is -1.38. The zero-order chi connectivity index (χ0) is 9.30. The van der Waals surface area contributed by atoms with Crippen molar-refractivity contribution in [1.29, 1.82) is 0 Å². The fourth-order valence-electron chi connectivity index (χ4n) is 1.11. The van der Waals surface area contributed by atoms with Crippen LogP contribution in [0.5, 0.6) is 0 Å². The second-order valence-corrected chi connectivity index (χ2v) is 2.82. The Hall–Kier alpha value is -0.960. The molecule has 1 nitrogen and oxygen atoms in total. The second kappa shape index (κ2) is 3.19. The monoisotopic (exact) mass is 172 g/mol. The summed E-state index contributed by atoms with van der Waals surface area (Å²) in [6, 6.07) is 2.40. The van der Waals surface area contributed by atoms with E-state index in [1.54, 1.807) is 6.92 Å². The number of hydrogen-bond acceptors (Lipinski definition) is 1. The molecule has 0 aliphatic heterocycles. The highest BCUT2D eigenvalue weighted by atomic mass is 19.1. The summed E-state index contributed by atoms with van der Waals surface area (Å²) >= 11 is 0. The predicted octanol–water partition coefficient (Wildman–Crippen LogP) is 2.33. The molecule has 3 heteroatoms. The molecule has 0 amide bonds. The Balaban J connectivity index is 3.28. The largest absolute Gasteiger partial charge is 0.388 e. The van der Waals surface area contributed by atoms with Crippen molar-refractivity contribution >= 4 is 0 Å². The van der Waals surface area contributed by atoms with Gasteiger partial charge in [-0.1, -0.05) is 0 Å². The highest BCUT2D eigenvalue weighted by Gasteiger charge is 2.13. The van der Waals surface area contributed by atoms with Crippen LogP contribution >= 0.6 is 0 Å². The molecular weight excluding hydrogens is 162 g/mol. The third-order valence-corrected chi connectivity index (χ3v) is 1.64. The number of aliphatic hydroxyl groups excluding tert-OH is 1. The van der Waals surface area contributed by atoms with E-state index in [4.69, 9.17) is 5.11 Å². The highest BCUT2D eigenvalue weighted by Crippen LogP contribution is 2.21. The molecule has 0 bridgehead atoms. The van der Waals surface area contributed by atoms with Crippen molar-refractivity contribution in [2.24, 2.45) is 0 Å². The van der Waals surface area contributed by atoms with Crippen molar-refractivity contribution in [3.8, 4) is 0 Å². The quantitative estimate of drug-likeness (QED) is 0.689. The van der Waals surface area contributed by atoms with Gasteiger partial charge in [0.1, 0.15) is 11.6 Å². The van der Waals surface area contributed by atoms with Gasteiger partial charge in [0.2, 0.25) is 0 Å². The lowest BCUT2D eigenvalue weighted by molar-refractivity contribution is 0.188. The first kappa shape index (κ1) is 9.13. The van der Waals surface area contributed by atoms with Gasteiger partial charge in [-0.05, 0) is 31.5 Å². The summed E-state index contributed by atoms with van der Waals surface area (Å²) < 4.78 is 25.9. The SMILES string of the molecule is Cc1cc(F)c([C@H](C)O)c(F)c1. The molecule has 1 aromatic rings. The van der Waals surface area contributed by atoms with Gasteiger partial charge in [-0.25, -0.2) is 8.78 Å². The standard InChI is InChI=1S/C9H10F2O/c1-5-3-7(10)9(6(2)12)8(11)4-5/h3-4,6,12H,1-2H3/t6-/m0/s1. The minimum atomic E-state index is -1.11. The van der Waals surface area contributed by atoms with Crippen LogP contribution in [0.4, 0.5) is 8.78 Å². The van der Waals surface area contributed by atoms with Crippen molar-refractivity contribution in [1.82, 2.24) is 0 Å². The number of aryl methyl sites for hydroxylation is 1. The molecular formula is C9H10F2O. The predicted molar refractivity (Wildman–Crippen MR) is 41.7 cm³/mol. The van der Waals surface area contributed by atoms with Crippen molar-refractivity contribution in [2.75, 3.05) is 0 Å². The maximum Gasteiger partial charge on any atom is 0.132 e. The summed E-state index contributed by atoms with van der Waals surface area (Å²) in [5, 5.41) is 9.00. The van der Waals surface area contributed by atoms with Gasteiger partial charge in [-0.15, -0.1) is 0 Å². The fraction of sp³-hybridized carbons (Fsp3) is 0.333. The van der Waals surface area contributed by atoms with Gasteiger partial charge in [-0.2, -0.15) is 0 Å². The lowest BCUT2D eigenvalue weighted by Crippen LogP contribution is -2.00. The maximum absolute atomic E-state index is 13.0. The van der Waals surface area contributed by atoms with Crippen LogP contribution in [0.1, 0.15) is 24.2 Å². The third-order valence-electron chi connectivity index (χ3n) is 1.64. The van der Waals surface area contributed by atoms with Crippen LogP contribution in [0, 0.1) is 18.6 Å². The molecule has 0 spiro atoms. The molecule has 0 aromatic heterocycles. The zero-order valence-corrected chi connectivity index (χ0v) is 6.94. The van der Waals surface area contributed by atoms with Crippen molar-refractivity contribution in [2.45, 2.75) is 20.0 Å². The molecule has 12 heavy (non-hydrogen) atoms. The van der Waals surface area contributed by atoms with Gasteiger partial charge in [0.15, 0.2) is 0 Å². The number of halogens is 2. The van der Waals surface area contributed by atoms with Crippen LogP contribution in [-0.2, 0) is 0 Å². The van der Waals surface area contributed by atoms with Gasteiger partial charge >= 0.3 is 0 Å². The Morgan fingerprint density at radius 1 is 1.25 bits per heavy atom. The van der Waals surface area contributed by atoms with Gasteiger partial charge in [0.25, 0.3) is 0 Å². The van der Waals surface area contributed by atoms with E-state index in [-0.39, 0.29) is 5.56 Å². The van der Waals surface area contributed by atoms with Crippen molar-refractivity contribution < 1.29 is 13.9 Å². The lowest BCUT2D eigenvalue weighted by Gasteiger charge is -2.07. The molecule has 0 fully saturated rings. The van der Waals surface area contributed by atoms with Gasteiger partial charge in [0, 0.05) is 0 Å². The van der Waals surface area contributed by atoms with E-state index < -0.39 is 17.7 Å². The van der Waals surface area contributed by atoms with E-state index in [0.717, 1.165) is 0 Å². The highest BCUT2D eigenvalue weighted by molar-refractivity contribution is 5.26. The molecule has 0 saturated heterocycles. The first-order chi connectivity index (χ1) is 5.52. The zero-order valence-electron chi connectivity index (χ0n) is 6.94. The lowest BCUT2D eigenvalue weighted by atomic mass is 10.1. The van der Waals surface area contributed by atoms with Crippen molar-refractivity contribution in [3.63, 3.8) is 0 Å². The number of benzene rings is 1. The minimum Gasteiger partial charge on any atom is -0.388 e. The fourth-order valence-corrected chi connectivity index (χ4v) is 1.11. The Morgan fingerprint density at radius 3 is 2.00 bits per heavy atom. The molecule has 0 aliphatic rings. The minimum absolute atomic E-state index is 0.263. The number of hydrogen-bond donors (Lipinski definition) is 1. The Bertz CT molecular complexity index is 272. The molecule has 0 unspecified atom stereocenters. The number of rotatable bonds is 1. The summed E-state index contributed by atoms with van der Waals surface area (Å²) in [4.78, 5) is 0. The molecule has 1 rings (SSSR count). The van der Waals surface area contributed by atoms with Crippen LogP contribution in [0.2, 0.25) is 0 Å². The molecule has 0 heterocycles. The van der Waals surface area contributed by atoms with E-state index in [1.807, 2.05) is 0 Å². The van der Waals surface area contributed by atoms with Gasteiger partial charge in [-0.3, -0.25) is 0 Å². The van der Waals surface area contributed by atoms with Crippen molar-refractivity contribution in [3.05, 3.63) is 34.9 Å². The summed E-state index contributed by atoms with van der Waals surface area (Å²) in [5.41, 5.74) is 0.245. The molecule has 1 atom stereocenters. The molecule has 0 radical (unpaired) electrons. The van der Waals surface area contributed by atoms with E-state index >= 15 is 0 Å². The summed E-state index contributed by atoms with van der Waals surface area (Å²) in [6.07, 6.45) is -1.11. The smallest absolute Gasteiger partial charge is 0.132 e. The van der Waals surface area contributed by atoms with Crippen LogP contribution < -0.4 is 0 Å². The van der Waals surface area contributed by atoms with Crippen LogP contribution in [0.15, 0.2) is 12.1 Å². The summed E-state index contributed by atoms with van der Waals surface area (Å²) in [6.45, 7) is 2.93. The first-order valence-electron chi connectivity index (χ1n) is 3.66. The third kappa shape index (κ3) is 1.61. The van der Waals surface area contributed by atoms with E-state index in [0.29, 0.717) is 5.56 Å². The van der Waals surface area contributed by atoms with Crippen LogP contribution in [0.3, 0.4) is 0 Å².